The summed E-state index contributed by atoms with van der Waals surface area (Å²) in [6.45, 7) is 5.58. The van der Waals surface area contributed by atoms with Gasteiger partial charge in [-0.05, 0) is 62.1 Å². The van der Waals surface area contributed by atoms with Gasteiger partial charge in [-0.2, -0.15) is 5.10 Å². The lowest BCUT2D eigenvalue weighted by Crippen LogP contribution is -2.15. The lowest BCUT2D eigenvalue weighted by molar-refractivity contribution is 0.600. The van der Waals surface area contributed by atoms with Crippen molar-refractivity contribution >= 4 is 38.2 Å². The van der Waals surface area contributed by atoms with E-state index in [-0.39, 0.29) is 4.90 Å². The second-order valence-corrected chi connectivity index (χ2v) is 11.1. The molecule has 0 atom stereocenters. The largest absolute Gasteiger partial charge is 0.279 e. The predicted molar refractivity (Wildman–Crippen MR) is 143 cm³/mol. The number of para-hydroxylation sites is 1. The smallest absolute Gasteiger partial charge is 0.265 e. The van der Waals surface area contributed by atoms with E-state index in [0.29, 0.717) is 17.1 Å². The molecule has 5 rings (SSSR count). The Labute approximate surface area is 209 Å². The second kappa shape index (κ2) is 9.24. The van der Waals surface area contributed by atoms with Crippen molar-refractivity contribution in [2.24, 2.45) is 0 Å². The molecule has 5 aromatic rings. The maximum atomic E-state index is 13.7. The predicted octanol–water partition coefficient (Wildman–Crippen LogP) is 6.90. The molecule has 1 aromatic heterocycles. The summed E-state index contributed by atoms with van der Waals surface area (Å²) in [4.78, 5) is 2.29. The van der Waals surface area contributed by atoms with E-state index in [0.717, 1.165) is 31.8 Å². The highest BCUT2D eigenvalue weighted by Crippen LogP contribution is 2.39. The van der Waals surface area contributed by atoms with Crippen LogP contribution in [0, 0.1) is 20.8 Å². The van der Waals surface area contributed by atoms with Crippen LogP contribution in [-0.2, 0) is 10.0 Å². The van der Waals surface area contributed by atoms with Gasteiger partial charge in [-0.1, -0.05) is 72.4 Å². The van der Waals surface area contributed by atoms with Gasteiger partial charge < -0.3 is 0 Å². The van der Waals surface area contributed by atoms with Crippen LogP contribution in [0.1, 0.15) is 17.0 Å². The van der Waals surface area contributed by atoms with E-state index in [1.807, 2.05) is 91.0 Å². The van der Waals surface area contributed by atoms with Crippen LogP contribution in [-0.4, -0.2) is 18.2 Å². The number of aromatic nitrogens is 2. The topological polar surface area (TPSA) is 64.0 Å². The molecule has 0 bridgehead atoms. The number of anilines is 1. The summed E-state index contributed by atoms with van der Waals surface area (Å²) in [7, 11) is -3.90. The third-order valence-corrected chi connectivity index (χ3v) is 8.74. The summed E-state index contributed by atoms with van der Waals surface area (Å²) in [5.74, 6) is 0. The van der Waals surface area contributed by atoms with Crippen molar-refractivity contribution in [2.45, 2.75) is 35.5 Å². The zero-order valence-electron chi connectivity index (χ0n) is 19.7. The summed E-state index contributed by atoms with van der Waals surface area (Å²) >= 11 is 1.62. The van der Waals surface area contributed by atoms with Crippen LogP contribution in [0.15, 0.2) is 106 Å². The minimum absolute atomic E-state index is 0.197. The van der Waals surface area contributed by atoms with Gasteiger partial charge in [0, 0.05) is 15.2 Å². The third-order valence-electron chi connectivity index (χ3n) is 5.98. The molecule has 0 aliphatic rings. The van der Waals surface area contributed by atoms with E-state index in [4.69, 9.17) is 0 Å². The van der Waals surface area contributed by atoms with Gasteiger partial charge in [0.2, 0.25) is 0 Å². The van der Waals surface area contributed by atoms with Crippen molar-refractivity contribution < 1.29 is 8.42 Å². The van der Waals surface area contributed by atoms with Crippen LogP contribution in [0.2, 0.25) is 0 Å². The van der Waals surface area contributed by atoms with Crippen LogP contribution in [0.5, 0.6) is 0 Å². The molecule has 7 heteroatoms. The highest BCUT2D eigenvalue weighted by molar-refractivity contribution is 7.99. The summed E-state index contributed by atoms with van der Waals surface area (Å²) in [6.07, 6.45) is 0. The van der Waals surface area contributed by atoms with Crippen molar-refractivity contribution in [3.63, 3.8) is 0 Å². The van der Waals surface area contributed by atoms with E-state index in [2.05, 4.69) is 16.7 Å². The number of hydrogen-bond donors (Lipinski definition) is 1. The molecule has 4 aromatic carbocycles. The first-order valence-electron chi connectivity index (χ1n) is 11.2. The van der Waals surface area contributed by atoms with Crippen LogP contribution in [0.3, 0.4) is 0 Å². The van der Waals surface area contributed by atoms with E-state index >= 15 is 0 Å². The van der Waals surface area contributed by atoms with Crippen molar-refractivity contribution in [1.82, 2.24) is 9.78 Å². The molecule has 0 unspecified atom stereocenters. The van der Waals surface area contributed by atoms with Crippen molar-refractivity contribution in [3.05, 3.63) is 108 Å². The van der Waals surface area contributed by atoms with Crippen molar-refractivity contribution in [1.29, 1.82) is 0 Å². The molecule has 35 heavy (non-hydrogen) atoms. The number of sulfonamides is 1. The quantitative estimate of drug-likeness (QED) is 0.276. The number of nitrogens with one attached hydrogen (secondary N) is 1. The average Bonchev–Trinajstić information content (AvgIpc) is 3.17. The average molecular weight is 500 g/mol. The van der Waals surface area contributed by atoms with Gasteiger partial charge in [-0.15, -0.1) is 0 Å². The Morgan fingerprint density at radius 1 is 0.800 bits per heavy atom. The molecule has 0 saturated heterocycles. The Kier molecular flexibility index (Phi) is 6.13. The van der Waals surface area contributed by atoms with Gasteiger partial charge in [0.1, 0.15) is 4.90 Å². The summed E-state index contributed by atoms with van der Waals surface area (Å²) in [5.41, 5.74) is 3.50. The molecule has 0 spiro atoms. The lowest BCUT2D eigenvalue weighted by Gasteiger charge is -2.16. The van der Waals surface area contributed by atoms with E-state index in [1.54, 1.807) is 30.3 Å². The van der Waals surface area contributed by atoms with E-state index in [9.17, 15) is 8.42 Å². The van der Waals surface area contributed by atoms with E-state index in [1.165, 1.54) is 0 Å². The monoisotopic (exact) mass is 499 g/mol. The fraction of sp³-hybridized carbons (Fsp3) is 0.107. The van der Waals surface area contributed by atoms with Gasteiger partial charge in [0.25, 0.3) is 10.0 Å². The normalized spacial score (nSPS) is 11.6. The molecule has 1 N–H and O–H groups in total. The fourth-order valence-electron chi connectivity index (χ4n) is 4.33. The minimum atomic E-state index is -3.90. The van der Waals surface area contributed by atoms with Crippen molar-refractivity contribution in [3.8, 4) is 5.69 Å². The minimum Gasteiger partial charge on any atom is -0.279 e. The molecular weight excluding hydrogens is 474 g/mol. The van der Waals surface area contributed by atoms with Gasteiger partial charge in [-0.25, -0.2) is 13.1 Å². The highest BCUT2D eigenvalue weighted by Gasteiger charge is 2.26. The van der Waals surface area contributed by atoms with Crippen LogP contribution in [0.25, 0.3) is 16.5 Å². The number of rotatable bonds is 6. The Bertz CT molecular complexity index is 1630. The third kappa shape index (κ3) is 4.45. The maximum absolute atomic E-state index is 13.7. The Morgan fingerprint density at radius 2 is 1.40 bits per heavy atom. The summed E-state index contributed by atoms with van der Waals surface area (Å²) in [5, 5.41) is 6.40. The number of hydrogen-bond acceptors (Lipinski definition) is 4. The molecule has 0 amide bonds. The molecule has 5 nitrogen and oxygen atoms in total. The van der Waals surface area contributed by atoms with Gasteiger partial charge in [-0.3, -0.25) is 4.72 Å². The number of benzene rings is 4. The van der Waals surface area contributed by atoms with Crippen molar-refractivity contribution in [2.75, 3.05) is 4.72 Å². The molecule has 0 saturated carbocycles. The first kappa shape index (κ1) is 23.2. The van der Waals surface area contributed by atoms with Crippen LogP contribution in [0.4, 0.5) is 5.69 Å². The first-order chi connectivity index (χ1) is 16.8. The Morgan fingerprint density at radius 3 is 2.09 bits per heavy atom. The summed E-state index contributed by atoms with van der Waals surface area (Å²) < 4.78 is 32.0. The Balaban J connectivity index is 1.60. The number of fused-ring (bicyclic) bond motifs is 1. The lowest BCUT2D eigenvalue weighted by atomic mass is 10.0. The molecule has 0 radical (unpaired) electrons. The molecule has 176 valence electrons. The van der Waals surface area contributed by atoms with Gasteiger partial charge in [0.15, 0.2) is 0 Å². The molecular formula is C28H25N3O2S2. The van der Waals surface area contributed by atoms with Crippen LogP contribution < -0.4 is 4.72 Å². The zero-order valence-corrected chi connectivity index (χ0v) is 21.3. The van der Waals surface area contributed by atoms with E-state index < -0.39 is 10.0 Å². The molecule has 0 aliphatic carbocycles. The second-order valence-electron chi connectivity index (χ2n) is 8.36. The zero-order chi connectivity index (χ0) is 24.6. The molecule has 0 aliphatic heterocycles. The first-order valence-corrected chi connectivity index (χ1v) is 13.5. The molecule has 0 fully saturated rings. The fourth-order valence-corrected chi connectivity index (χ4v) is 6.79. The van der Waals surface area contributed by atoms with Gasteiger partial charge in [0.05, 0.1) is 22.8 Å². The SMILES string of the molecule is Cc1nn(-c2ccccc2)c(C)c1S(=O)(=O)Nc1cc(Sc2ccccc2)c(C)c2ccccc12. The van der Waals surface area contributed by atoms with Gasteiger partial charge >= 0.3 is 0 Å². The summed E-state index contributed by atoms with van der Waals surface area (Å²) in [6, 6.07) is 29.4. The van der Waals surface area contributed by atoms with Crippen LogP contribution >= 0.6 is 11.8 Å². The molecule has 1 heterocycles. The number of nitrogens with zero attached hydrogens (tertiary/aromatic N) is 2. The Hall–Kier alpha value is -3.55. The highest BCUT2D eigenvalue weighted by atomic mass is 32.2. The number of aryl methyl sites for hydroxylation is 2. The maximum Gasteiger partial charge on any atom is 0.265 e. The standard InChI is InChI=1S/C28H25N3O2S2/c1-19-24-16-10-11-17-25(24)26(18-27(19)34-23-14-8-5-9-15-23)30-35(32,33)28-20(2)29-31(21(28)3)22-12-6-4-7-13-22/h4-18,30H,1-3H3.